The van der Waals surface area contributed by atoms with Gasteiger partial charge in [0.1, 0.15) is 17.2 Å². The van der Waals surface area contributed by atoms with Crippen LogP contribution in [-0.4, -0.2) is 69.3 Å². The smallest absolute Gasteiger partial charge is 0.261 e. The highest BCUT2D eigenvalue weighted by molar-refractivity contribution is 7.80. The summed E-state index contributed by atoms with van der Waals surface area (Å²) >= 11 is 5.33. The molecule has 9 nitrogen and oxygen atoms in total. The number of anilines is 2. The van der Waals surface area contributed by atoms with E-state index >= 15 is 0 Å². The van der Waals surface area contributed by atoms with Gasteiger partial charge in [0.05, 0.1) is 26.9 Å². The van der Waals surface area contributed by atoms with Crippen LogP contribution in [0, 0.1) is 0 Å². The minimum absolute atomic E-state index is 0.0228. The standard InChI is InChI=1S/C28H30N4O5S/c1-35-22-10-4-19(5-11-22)27(34)32-16-14-31(15-17-32)21-8-6-20(7-9-21)29-28(38)30-26(33)24-13-12-23(36-2)18-25(24)37-3/h4-13,18H,14-17H2,1-3H3,(H2,29,30,33,38). The molecule has 0 spiro atoms. The van der Waals surface area contributed by atoms with Crippen LogP contribution in [0.3, 0.4) is 0 Å². The molecule has 2 N–H and O–H groups in total. The maximum atomic E-state index is 12.8. The third-order valence-electron chi connectivity index (χ3n) is 6.27. The van der Waals surface area contributed by atoms with E-state index in [0.717, 1.165) is 30.2 Å². The lowest BCUT2D eigenvalue weighted by atomic mass is 10.1. The number of hydrogen-bond donors (Lipinski definition) is 2. The highest BCUT2D eigenvalue weighted by Gasteiger charge is 2.22. The Hall–Kier alpha value is -4.31. The zero-order chi connectivity index (χ0) is 27.1. The van der Waals surface area contributed by atoms with Crippen LogP contribution in [0.25, 0.3) is 0 Å². The summed E-state index contributed by atoms with van der Waals surface area (Å²) < 4.78 is 15.6. The maximum Gasteiger partial charge on any atom is 0.261 e. The Kier molecular flexibility index (Phi) is 8.65. The summed E-state index contributed by atoms with van der Waals surface area (Å²) in [6, 6.07) is 19.9. The van der Waals surface area contributed by atoms with Crippen LogP contribution in [0.5, 0.6) is 17.2 Å². The summed E-state index contributed by atoms with van der Waals surface area (Å²) in [5.41, 5.74) is 2.79. The highest BCUT2D eigenvalue weighted by Crippen LogP contribution is 2.25. The topological polar surface area (TPSA) is 92.4 Å². The first kappa shape index (κ1) is 26.7. The van der Waals surface area contributed by atoms with Gasteiger partial charge in [0.25, 0.3) is 11.8 Å². The van der Waals surface area contributed by atoms with Crippen molar-refractivity contribution in [2.24, 2.45) is 0 Å². The number of nitrogens with one attached hydrogen (secondary N) is 2. The average Bonchev–Trinajstić information content (AvgIpc) is 2.96. The molecule has 1 fully saturated rings. The van der Waals surface area contributed by atoms with Crippen molar-refractivity contribution in [3.8, 4) is 17.2 Å². The van der Waals surface area contributed by atoms with Gasteiger partial charge >= 0.3 is 0 Å². The summed E-state index contributed by atoms with van der Waals surface area (Å²) in [4.78, 5) is 29.6. The quantitative estimate of drug-likeness (QED) is 0.443. The van der Waals surface area contributed by atoms with Gasteiger partial charge in [0.2, 0.25) is 0 Å². The van der Waals surface area contributed by atoms with E-state index in [0.29, 0.717) is 35.7 Å². The summed E-state index contributed by atoms with van der Waals surface area (Å²) in [7, 11) is 4.64. The molecule has 1 heterocycles. The Morgan fingerprint density at radius 3 is 2.03 bits per heavy atom. The molecule has 1 aliphatic heterocycles. The van der Waals surface area contributed by atoms with Gasteiger partial charge in [-0.2, -0.15) is 0 Å². The molecule has 0 atom stereocenters. The second-order valence-corrected chi connectivity index (χ2v) is 8.94. The minimum atomic E-state index is -0.388. The molecule has 3 aromatic rings. The van der Waals surface area contributed by atoms with Crippen LogP contribution in [0.1, 0.15) is 20.7 Å². The fourth-order valence-electron chi connectivity index (χ4n) is 4.16. The average molecular weight is 535 g/mol. The Labute approximate surface area is 227 Å². The molecule has 38 heavy (non-hydrogen) atoms. The molecule has 1 saturated heterocycles. The Morgan fingerprint density at radius 2 is 1.42 bits per heavy atom. The Balaban J connectivity index is 1.29. The van der Waals surface area contributed by atoms with Gasteiger partial charge in [0, 0.05) is 49.2 Å². The number of carbonyl (C=O) groups is 2. The van der Waals surface area contributed by atoms with Gasteiger partial charge in [-0.1, -0.05) is 0 Å². The lowest BCUT2D eigenvalue weighted by Crippen LogP contribution is -2.48. The number of ether oxygens (including phenoxy) is 3. The van der Waals surface area contributed by atoms with Crippen LogP contribution < -0.4 is 29.7 Å². The summed E-state index contributed by atoms with van der Waals surface area (Å²) in [5.74, 6) is 1.34. The molecule has 0 saturated carbocycles. The van der Waals surface area contributed by atoms with E-state index in [9.17, 15) is 9.59 Å². The number of methoxy groups -OCH3 is 3. The molecular formula is C28H30N4O5S. The van der Waals surface area contributed by atoms with Crippen LogP contribution >= 0.6 is 12.2 Å². The molecule has 1 aliphatic rings. The second kappa shape index (κ2) is 12.3. The maximum absolute atomic E-state index is 12.8. The fraction of sp³-hybridized carbons (Fsp3) is 0.250. The lowest BCUT2D eigenvalue weighted by molar-refractivity contribution is 0.0746. The third-order valence-corrected chi connectivity index (χ3v) is 6.48. The van der Waals surface area contributed by atoms with E-state index in [1.807, 2.05) is 29.2 Å². The molecule has 0 bridgehead atoms. The van der Waals surface area contributed by atoms with Crippen molar-refractivity contribution in [1.29, 1.82) is 0 Å². The largest absolute Gasteiger partial charge is 0.497 e. The van der Waals surface area contributed by atoms with Crippen LogP contribution in [-0.2, 0) is 0 Å². The number of piperazine rings is 1. The minimum Gasteiger partial charge on any atom is -0.497 e. The van der Waals surface area contributed by atoms with Crippen LogP contribution in [0.4, 0.5) is 11.4 Å². The molecule has 0 unspecified atom stereocenters. The highest BCUT2D eigenvalue weighted by atomic mass is 32.1. The molecule has 0 aliphatic carbocycles. The third kappa shape index (κ3) is 6.33. The number of nitrogens with zero attached hydrogens (tertiary/aromatic N) is 2. The summed E-state index contributed by atoms with van der Waals surface area (Å²) in [6.07, 6.45) is 0. The van der Waals surface area contributed by atoms with E-state index in [2.05, 4.69) is 15.5 Å². The van der Waals surface area contributed by atoms with Crippen molar-refractivity contribution < 1.29 is 23.8 Å². The van der Waals surface area contributed by atoms with Gasteiger partial charge in [-0.15, -0.1) is 0 Å². The molecule has 2 amide bonds. The molecular weight excluding hydrogens is 504 g/mol. The summed E-state index contributed by atoms with van der Waals surface area (Å²) in [6.45, 7) is 2.73. The number of hydrogen-bond acceptors (Lipinski definition) is 7. The zero-order valence-corrected chi connectivity index (χ0v) is 22.3. The van der Waals surface area contributed by atoms with E-state index in [4.69, 9.17) is 26.4 Å². The van der Waals surface area contributed by atoms with Gasteiger partial charge in [0.15, 0.2) is 5.11 Å². The first-order chi connectivity index (χ1) is 18.4. The van der Waals surface area contributed by atoms with Crippen molar-refractivity contribution in [1.82, 2.24) is 10.2 Å². The van der Waals surface area contributed by atoms with Crippen molar-refractivity contribution in [2.45, 2.75) is 0 Å². The number of carbonyl (C=O) groups excluding carboxylic acids is 2. The summed E-state index contributed by atoms with van der Waals surface area (Å²) in [5, 5.41) is 5.88. The lowest BCUT2D eigenvalue weighted by Gasteiger charge is -2.36. The molecule has 0 radical (unpaired) electrons. The van der Waals surface area contributed by atoms with Gasteiger partial charge in [-0.05, 0) is 72.9 Å². The van der Waals surface area contributed by atoms with Crippen molar-refractivity contribution in [3.05, 3.63) is 77.9 Å². The fourth-order valence-corrected chi connectivity index (χ4v) is 4.37. The number of benzene rings is 3. The predicted octanol–water partition coefficient (Wildman–Crippen LogP) is 3.80. The molecule has 0 aromatic heterocycles. The zero-order valence-electron chi connectivity index (χ0n) is 21.5. The van der Waals surface area contributed by atoms with E-state index in [1.54, 1.807) is 56.7 Å². The van der Waals surface area contributed by atoms with E-state index < -0.39 is 0 Å². The number of rotatable bonds is 7. The van der Waals surface area contributed by atoms with Crippen molar-refractivity contribution >= 4 is 40.5 Å². The predicted molar refractivity (Wildman–Crippen MR) is 151 cm³/mol. The first-order valence-electron chi connectivity index (χ1n) is 12.0. The van der Waals surface area contributed by atoms with Crippen LogP contribution in [0.15, 0.2) is 66.7 Å². The van der Waals surface area contributed by atoms with E-state index in [-0.39, 0.29) is 16.9 Å². The monoisotopic (exact) mass is 534 g/mol. The SMILES string of the molecule is COc1ccc(C(=O)N2CCN(c3ccc(NC(=S)NC(=O)c4ccc(OC)cc4OC)cc3)CC2)cc1. The molecule has 10 heteroatoms. The van der Waals surface area contributed by atoms with Crippen molar-refractivity contribution in [2.75, 3.05) is 57.7 Å². The Morgan fingerprint density at radius 1 is 0.789 bits per heavy atom. The first-order valence-corrected chi connectivity index (χ1v) is 12.5. The Bertz CT molecular complexity index is 1290. The second-order valence-electron chi connectivity index (χ2n) is 8.53. The van der Waals surface area contributed by atoms with Gasteiger partial charge in [-0.25, -0.2) is 0 Å². The van der Waals surface area contributed by atoms with E-state index in [1.165, 1.54) is 7.11 Å². The molecule has 4 rings (SSSR count). The normalized spacial score (nSPS) is 12.9. The van der Waals surface area contributed by atoms with Gasteiger partial charge < -0.3 is 29.3 Å². The van der Waals surface area contributed by atoms with Crippen LogP contribution in [0.2, 0.25) is 0 Å². The van der Waals surface area contributed by atoms with Gasteiger partial charge in [-0.3, -0.25) is 14.9 Å². The van der Waals surface area contributed by atoms with Crippen molar-refractivity contribution in [3.63, 3.8) is 0 Å². The number of thiocarbonyl (C=S) groups is 1. The molecule has 3 aromatic carbocycles. The molecule has 198 valence electrons. The number of amides is 2.